The first-order chi connectivity index (χ1) is 11.1. The first-order valence-electron chi connectivity index (χ1n) is 7.81. The summed E-state index contributed by atoms with van der Waals surface area (Å²) in [6, 6.07) is 7.09. The summed E-state index contributed by atoms with van der Waals surface area (Å²) in [5, 5.41) is 3.08. The van der Waals surface area contributed by atoms with Crippen LogP contribution in [0.4, 0.5) is 16.0 Å². The van der Waals surface area contributed by atoms with E-state index >= 15 is 0 Å². The molecule has 1 saturated heterocycles. The predicted molar refractivity (Wildman–Crippen MR) is 88.0 cm³/mol. The van der Waals surface area contributed by atoms with Gasteiger partial charge in [-0.05, 0) is 37.6 Å². The summed E-state index contributed by atoms with van der Waals surface area (Å²) in [4.78, 5) is 10.2. The molecule has 23 heavy (non-hydrogen) atoms. The van der Waals surface area contributed by atoms with Crippen molar-refractivity contribution in [3.8, 4) is 0 Å². The van der Waals surface area contributed by atoms with Crippen LogP contribution in [-0.4, -0.2) is 35.3 Å². The molecule has 0 bridgehead atoms. The van der Waals surface area contributed by atoms with E-state index in [1.807, 2.05) is 30.9 Å². The van der Waals surface area contributed by atoms with Gasteiger partial charge in [-0.15, -0.1) is 0 Å². The smallest absolute Gasteiger partial charge is 0.222 e. The molecule has 5 nitrogen and oxygen atoms in total. The highest BCUT2D eigenvalue weighted by Gasteiger charge is 2.24. The van der Waals surface area contributed by atoms with Gasteiger partial charge in [0.25, 0.3) is 0 Å². The highest BCUT2D eigenvalue weighted by Crippen LogP contribution is 2.24. The van der Waals surface area contributed by atoms with Crippen LogP contribution in [0, 0.1) is 5.82 Å². The Morgan fingerprint density at radius 2 is 1.91 bits per heavy atom. The molecule has 1 N–H and O–H groups in total. The number of aromatic nitrogens is 2. The Bertz CT molecular complexity index is 642. The Hall–Kier alpha value is -2.21. The third-order valence-corrected chi connectivity index (χ3v) is 3.79. The lowest BCUT2D eigenvalue weighted by molar-refractivity contribution is -0.00539. The minimum Gasteiger partial charge on any atom is -0.372 e. The van der Waals surface area contributed by atoms with Gasteiger partial charge >= 0.3 is 0 Å². The molecule has 1 fully saturated rings. The Kier molecular flexibility index (Phi) is 4.71. The number of anilines is 2. The first kappa shape index (κ1) is 15.7. The van der Waals surface area contributed by atoms with Gasteiger partial charge in [0.05, 0.1) is 17.9 Å². The van der Waals surface area contributed by atoms with Crippen molar-refractivity contribution in [3.05, 3.63) is 48.0 Å². The van der Waals surface area contributed by atoms with Crippen LogP contribution in [0.2, 0.25) is 0 Å². The number of hydrogen-bond donors (Lipinski definition) is 1. The molecule has 2 atom stereocenters. The van der Waals surface area contributed by atoms with Crippen molar-refractivity contribution in [3.63, 3.8) is 0 Å². The van der Waals surface area contributed by atoms with Crippen molar-refractivity contribution in [1.82, 2.24) is 9.97 Å². The molecule has 0 spiro atoms. The summed E-state index contributed by atoms with van der Waals surface area (Å²) in [6.07, 6.45) is 3.55. The van der Waals surface area contributed by atoms with E-state index in [0.29, 0.717) is 31.3 Å². The number of ether oxygens (including phenoxy) is 1. The van der Waals surface area contributed by atoms with Crippen molar-refractivity contribution >= 4 is 11.6 Å². The molecule has 122 valence electrons. The minimum atomic E-state index is -0.209. The summed E-state index contributed by atoms with van der Waals surface area (Å²) in [6.45, 7) is 5.92. The minimum absolute atomic E-state index is 0.106. The lowest BCUT2D eigenvalue weighted by Crippen LogP contribution is -2.45. The molecular formula is C17H21FN4O. The molecule has 2 aromatic rings. The molecule has 0 aliphatic carbocycles. The Morgan fingerprint density at radius 1 is 1.22 bits per heavy atom. The zero-order chi connectivity index (χ0) is 16.2. The van der Waals surface area contributed by atoms with Gasteiger partial charge in [0.15, 0.2) is 0 Å². The molecule has 1 aliphatic rings. The van der Waals surface area contributed by atoms with Crippen LogP contribution >= 0.6 is 0 Å². The summed E-state index contributed by atoms with van der Waals surface area (Å²) in [5.74, 6) is 0.326. The number of nitrogens with one attached hydrogen (secondary N) is 1. The van der Waals surface area contributed by atoms with Crippen LogP contribution < -0.4 is 10.2 Å². The molecule has 1 aromatic heterocycles. The van der Waals surface area contributed by atoms with Crippen molar-refractivity contribution in [2.24, 2.45) is 0 Å². The van der Waals surface area contributed by atoms with Crippen LogP contribution in [0.3, 0.4) is 0 Å². The van der Waals surface area contributed by atoms with E-state index in [9.17, 15) is 4.39 Å². The summed E-state index contributed by atoms with van der Waals surface area (Å²) < 4.78 is 20.2. The average Bonchev–Trinajstić information content (AvgIpc) is 2.53. The maximum absolute atomic E-state index is 14.5. The number of rotatable bonds is 4. The second-order valence-electron chi connectivity index (χ2n) is 5.87. The summed E-state index contributed by atoms with van der Waals surface area (Å²) in [7, 11) is 0. The van der Waals surface area contributed by atoms with Crippen molar-refractivity contribution < 1.29 is 9.13 Å². The standard InChI is InChI=1S/C17H21FN4O/c1-12-10-22(11-13(2)23-12)16-5-4-14(8-15(16)18)9-21-17-19-6-3-7-20-17/h3-8,12-13H,9-11H2,1-2H3,(H,19,20,21). The number of halogens is 1. The van der Waals surface area contributed by atoms with E-state index in [-0.39, 0.29) is 18.0 Å². The molecule has 2 heterocycles. The summed E-state index contributed by atoms with van der Waals surface area (Å²) in [5.41, 5.74) is 1.49. The molecule has 1 aromatic carbocycles. The van der Waals surface area contributed by atoms with E-state index in [0.717, 1.165) is 5.56 Å². The second kappa shape index (κ2) is 6.91. The van der Waals surface area contributed by atoms with Gasteiger partial charge in [-0.25, -0.2) is 14.4 Å². The molecule has 3 rings (SSSR count). The fourth-order valence-electron chi connectivity index (χ4n) is 2.86. The molecule has 0 amide bonds. The molecule has 6 heteroatoms. The highest BCUT2D eigenvalue weighted by molar-refractivity contribution is 5.50. The maximum Gasteiger partial charge on any atom is 0.222 e. The number of nitrogens with zero attached hydrogens (tertiary/aromatic N) is 3. The fraction of sp³-hybridized carbons (Fsp3) is 0.412. The van der Waals surface area contributed by atoms with E-state index < -0.39 is 0 Å². The first-order valence-corrected chi connectivity index (χ1v) is 7.81. The molecule has 1 aliphatic heterocycles. The predicted octanol–water partition coefficient (Wildman–Crippen LogP) is 2.84. The average molecular weight is 316 g/mol. The van der Waals surface area contributed by atoms with Gasteiger partial charge in [0.1, 0.15) is 5.82 Å². The number of morpholine rings is 1. The topological polar surface area (TPSA) is 50.3 Å². The van der Waals surface area contributed by atoms with Crippen LogP contribution in [0.1, 0.15) is 19.4 Å². The molecule has 0 radical (unpaired) electrons. The van der Waals surface area contributed by atoms with E-state index in [2.05, 4.69) is 15.3 Å². The Labute approximate surface area is 135 Å². The van der Waals surface area contributed by atoms with Gasteiger partial charge < -0.3 is 15.0 Å². The van der Waals surface area contributed by atoms with E-state index in [4.69, 9.17) is 4.74 Å². The quantitative estimate of drug-likeness (QED) is 0.940. The molecule has 2 unspecified atom stereocenters. The second-order valence-corrected chi connectivity index (χ2v) is 5.87. The van der Waals surface area contributed by atoms with Crippen LogP contribution in [-0.2, 0) is 11.3 Å². The molecule has 0 saturated carbocycles. The number of hydrogen-bond acceptors (Lipinski definition) is 5. The van der Waals surface area contributed by atoms with E-state index in [1.165, 1.54) is 0 Å². The van der Waals surface area contributed by atoms with Gasteiger partial charge in [-0.1, -0.05) is 6.07 Å². The highest BCUT2D eigenvalue weighted by atomic mass is 19.1. The summed E-state index contributed by atoms with van der Waals surface area (Å²) >= 11 is 0. The SMILES string of the molecule is CC1CN(c2ccc(CNc3ncccn3)cc2F)CC(C)O1. The normalized spacial score (nSPS) is 21.3. The van der Waals surface area contributed by atoms with Gasteiger partial charge in [0, 0.05) is 32.0 Å². The van der Waals surface area contributed by atoms with Gasteiger partial charge in [-0.2, -0.15) is 0 Å². The lowest BCUT2D eigenvalue weighted by Gasteiger charge is -2.37. The lowest BCUT2D eigenvalue weighted by atomic mass is 10.1. The van der Waals surface area contributed by atoms with E-state index in [1.54, 1.807) is 24.5 Å². The largest absolute Gasteiger partial charge is 0.372 e. The third-order valence-electron chi connectivity index (χ3n) is 3.79. The molecular weight excluding hydrogens is 295 g/mol. The van der Waals surface area contributed by atoms with Crippen molar-refractivity contribution in [2.45, 2.75) is 32.6 Å². The zero-order valence-electron chi connectivity index (χ0n) is 13.4. The Morgan fingerprint density at radius 3 is 2.57 bits per heavy atom. The van der Waals surface area contributed by atoms with Crippen molar-refractivity contribution in [2.75, 3.05) is 23.3 Å². The monoisotopic (exact) mass is 316 g/mol. The zero-order valence-corrected chi connectivity index (χ0v) is 13.4. The van der Waals surface area contributed by atoms with Crippen molar-refractivity contribution in [1.29, 1.82) is 0 Å². The van der Waals surface area contributed by atoms with Crippen LogP contribution in [0.25, 0.3) is 0 Å². The fourth-order valence-corrected chi connectivity index (χ4v) is 2.86. The van der Waals surface area contributed by atoms with Crippen LogP contribution in [0.5, 0.6) is 0 Å². The van der Waals surface area contributed by atoms with Gasteiger partial charge in [-0.3, -0.25) is 0 Å². The third kappa shape index (κ3) is 3.96. The van der Waals surface area contributed by atoms with Crippen LogP contribution in [0.15, 0.2) is 36.7 Å². The maximum atomic E-state index is 14.5. The van der Waals surface area contributed by atoms with Gasteiger partial charge in [0.2, 0.25) is 5.95 Å². The number of benzene rings is 1. The Balaban J connectivity index is 1.68.